The lowest BCUT2D eigenvalue weighted by atomic mass is 9.97. The van der Waals surface area contributed by atoms with E-state index >= 15 is 0 Å². The van der Waals surface area contributed by atoms with Crippen LogP contribution in [0, 0.1) is 0 Å². The first-order valence-corrected chi connectivity index (χ1v) is 9.21. The van der Waals surface area contributed by atoms with Gasteiger partial charge in [0.2, 0.25) is 5.89 Å². The smallest absolute Gasteiger partial charge is 0.232 e. The molecular weight excluding hydrogens is 425 g/mol. The predicted molar refractivity (Wildman–Crippen MR) is 109 cm³/mol. The molecule has 1 aromatic heterocycles. The van der Waals surface area contributed by atoms with Gasteiger partial charge in [0.1, 0.15) is 6.54 Å². The number of rotatable bonds is 8. The van der Waals surface area contributed by atoms with Crippen molar-refractivity contribution in [2.24, 2.45) is 4.99 Å². The maximum Gasteiger partial charge on any atom is 0.232 e. The van der Waals surface area contributed by atoms with Gasteiger partial charge in [-0.05, 0) is 31.8 Å². The van der Waals surface area contributed by atoms with Crippen molar-refractivity contribution in [3.8, 4) is 0 Å². The Morgan fingerprint density at radius 1 is 1.26 bits per heavy atom. The molecule has 134 valence electrons. The highest BCUT2D eigenvalue weighted by Crippen LogP contribution is 2.19. The van der Waals surface area contributed by atoms with Gasteiger partial charge in [-0.1, -0.05) is 25.9 Å². The predicted octanol–water partition coefficient (Wildman–Crippen LogP) is 3.18. The third-order valence-electron chi connectivity index (χ3n) is 2.90. The highest BCUT2D eigenvalue weighted by molar-refractivity contribution is 14.0. The first kappa shape index (κ1) is 22.5. The molecule has 23 heavy (non-hydrogen) atoms. The Bertz CT molecular complexity index is 459. The fraction of sp³-hybridized carbons (Fsp3) is 0.800. The highest BCUT2D eigenvalue weighted by atomic mass is 127. The van der Waals surface area contributed by atoms with E-state index < -0.39 is 0 Å². The number of nitrogens with zero attached hydrogens (tertiary/aromatic N) is 3. The Morgan fingerprint density at radius 2 is 2.00 bits per heavy atom. The molecule has 0 spiro atoms. The van der Waals surface area contributed by atoms with Crippen molar-refractivity contribution in [3.05, 3.63) is 11.7 Å². The van der Waals surface area contributed by atoms with Crippen molar-refractivity contribution in [1.82, 2.24) is 20.8 Å². The van der Waals surface area contributed by atoms with Crippen LogP contribution in [0.5, 0.6) is 0 Å². The fourth-order valence-corrected chi connectivity index (χ4v) is 2.19. The maximum absolute atomic E-state index is 5.27. The lowest BCUT2D eigenvalue weighted by Crippen LogP contribution is -2.37. The largest absolute Gasteiger partial charge is 0.357 e. The van der Waals surface area contributed by atoms with Crippen LogP contribution in [-0.2, 0) is 12.0 Å². The van der Waals surface area contributed by atoms with E-state index in [0.717, 1.165) is 25.5 Å². The summed E-state index contributed by atoms with van der Waals surface area (Å²) in [4.78, 5) is 8.89. The Morgan fingerprint density at radius 3 is 2.57 bits per heavy atom. The van der Waals surface area contributed by atoms with E-state index in [1.165, 1.54) is 12.2 Å². The van der Waals surface area contributed by atoms with Crippen LogP contribution in [-0.4, -0.2) is 41.2 Å². The Labute approximate surface area is 161 Å². The molecule has 8 heteroatoms. The summed E-state index contributed by atoms with van der Waals surface area (Å²) in [6.07, 6.45) is 4.49. The number of hydrogen-bond acceptors (Lipinski definition) is 5. The first-order chi connectivity index (χ1) is 10.5. The van der Waals surface area contributed by atoms with Crippen LogP contribution in [0.1, 0.15) is 52.3 Å². The van der Waals surface area contributed by atoms with Crippen molar-refractivity contribution < 1.29 is 4.52 Å². The second-order valence-electron chi connectivity index (χ2n) is 6.09. The van der Waals surface area contributed by atoms with Gasteiger partial charge >= 0.3 is 0 Å². The van der Waals surface area contributed by atoms with Gasteiger partial charge in [-0.15, -0.1) is 24.0 Å². The quantitative estimate of drug-likeness (QED) is 0.272. The van der Waals surface area contributed by atoms with Gasteiger partial charge in [0, 0.05) is 18.5 Å². The number of aromatic nitrogens is 2. The summed E-state index contributed by atoms with van der Waals surface area (Å²) in [6.45, 7) is 10.4. The zero-order valence-electron chi connectivity index (χ0n) is 14.8. The molecule has 0 aliphatic rings. The number of unbranched alkanes of at least 4 members (excludes halogenated alkanes) is 1. The molecule has 0 amide bonds. The zero-order chi connectivity index (χ0) is 16.4. The third-order valence-corrected chi connectivity index (χ3v) is 3.60. The third kappa shape index (κ3) is 9.39. The first-order valence-electron chi connectivity index (χ1n) is 7.81. The molecule has 1 heterocycles. The molecule has 1 aromatic rings. The van der Waals surface area contributed by atoms with E-state index in [-0.39, 0.29) is 29.4 Å². The lowest BCUT2D eigenvalue weighted by Gasteiger charge is -2.11. The van der Waals surface area contributed by atoms with Crippen LogP contribution in [0.3, 0.4) is 0 Å². The van der Waals surface area contributed by atoms with Gasteiger partial charge in [0.15, 0.2) is 11.8 Å². The molecule has 0 fully saturated rings. The van der Waals surface area contributed by atoms with E-state index in [2.05, 4.69) is 38.9 Å². The van der Waals surface area contributed by atoms with Gasteiger partial charge in [-0.25, -0.2) is 4.99 Å². The van der Waals surface area contributed by atoms with Crippen molar-refractivity contribution in [3.63, 3.8) is 0 Å². The number of thioether (sulfide) groups is 1. The van der Waals surface area contributed by atoms with Gasteiger partial charge < -0.3 is 15.2 Å². The molecule has 0 bridgehead atoms. The number of guanidine groups is 1. The minimum Gasteiger partial charge on any atom is -0.357 e. The van der Waals surface area contributed by atoms with Crippen molar-refractivity contribution in [2.45, 2.75) is 52.5 Å². The van der Waals surface area contributed by atoms with E-state index in [4.69, 9.17) is 4.52 Å². The van der Waals surface area contributed by atoms with Crippen LogP contribution < -0.4 is 10.6 Å². The average molecular weight is 455 g/mol. The van der Waals surface area contributed by atoms with Gasteiger partial charge in [0.05, 0.1) is 0 Å². The van der Waals surface area contributed by atoms with Crippen molar-refractivity contribution in [2.75, 3.05) is 25.1 Å². The maximum atomic E-state index is 5.27. The standard InChI is InChI=1S/C15H29N5OS.HI/c1-6-16-14(17-9-7-8-10-22-5)18-11-12-19-13(21-20-12)15(2,3)4;/h6-11H2,1-5H3,(H2,16,17,18);1H. The number of nitrogens with one attached hydrogen (secondary N) is 2. The molecular formula is C15H30IN5OS. The summed E-state index contributed by atoms with van der Waals surface area (Å²) in [5.74, 6) is 3.26. The van der Waals surface area contributed by atoms with Crippen LogP contribution in [0.25, 0.3) is 0 Å². The second-order valence-corrected chi connectivity index (χ2v) is 7.07. The molecule has 0 saturated carbocycles. The fourth-order valence-electron chi connectivity index (χ4n) is 1.69. The molecule has 2 N–H and O–H groups in total. The van der Waals surface area contributed by atoms with E-state index in [0.29, 0.717) is 18.3 Å². The van der Waals surface area contributed by atoms with Crippen molar-refractivity contribution >= 4 is 41.7 Å². The normalized spacial score (nSPS) is 12.0. The highest BCUT2D eigenvalue weighted by Gasteiger charge is 2.21. The van der Waals surface area contributed by atoms with Gasteiger partial charge in [-0.3, -0.25) is 0 Å². The van der Waals surface area contributed by atoms with Crippen LogP contribution in [0.4, 0.5) is 0 Å². The van der Waals surface area contributed by atoms with Crippen LogP contribution >= 0.6 is 35.7 Å². The number of halogens is 1. The monoisotopic (exact) mass is 455 g/mol. The van der Waals surface area contributed by atoms with Crippen molar-refractivity contribution in [1.29, 1.82) is 0 Å². The Kier molecular flexibility index (Phi) is 11.7. The molecule has 0 aromatic carbocycles. The van der Waals surface area contributed by atoms with E-state index in [9.17, 15) is 0 Å². The number of aliphatic imine (C=N–C) groups is 1. The van der Waals surface area contributed by atoms with E-state index in [1.807, 2.05) is 32.5 Å². The molecule has 1 rings (SSSR count). The molecule has 0 aliphatic carbocycles. The lowest BCUT2D eigenvalue weighted by molar-refractivity contribution is 0.318. The van der Waals surface area contributed by atoms with Gasteiger partial charge in [0.25, 0.3) is 0 Å². The summed E-state index contributed by atoms with van der Waals surface area (Å²) in [7, 11) is 0. The summed E-state index contributed by atoms with van der Waals surface area (Å²) in [5.41, 5.74) is -0.130. The summed E-state index contributed by atoms with van der Waals surface area (Å²) in [5, 5.41) is 10.5. The van der Waals surface area contributed by atoms with Gasteiger partial charge in [-0.2, -0.15) is 16.7 Å². The molecule has 6 nitrogen and oxygen atoms in total. The summed E-state index contributed by atoms with van der Waals surface area (Å²) in [6, 6.07) is 0. The van der Waals surface area contributed by atoms with E-state index in [1.54, 1.807) is 0 Å². The second kappa shape index (κ2) is 11.9. The Balaban J connectivity index is 0.00000484. The topological polar surface area (TPSA) is 75.3 Å². The van der Waals surface area contributed by atoms with Crippen LogP contribution in [0.15, 0.2) is 9.52 Å². The SMILES string of the molecule is CCNC(=NCc1noc(C(C)(C)C)n1)NCCCCSC.I. The number of hydrogen-bond donors (Lipinski definition) is 2. The average Bonchev–Trinajstić information content (AvgIpc) is 2.93. The minimum absolute atomic E-state index is 0. The van der Waals surface area contributed by atoms with Crippen LogP contribution in [0.2, 0.25) is 0 Å². The Hall–Kier alpha value is -0.510. The molecule has 0 radical (unpaired) electrons. The minimum atomic E-state index is -0.130. The molecule has 0 saturated heterocycles. The summed E-state index contributed by atoms with van der Waals surface area (Å²) < 4.78 is 5.27. The zero-order valence-corrected chi connectivity index (χ0v) is 18.0. The molecule has 0 unspecified atom stereocenters. The summed E-state index contributed by atoms with van der Waals surface area (Å²) >= 11 is 1.88. The molecule has 0 aliphatic heterocycles. The molecule has 0 atom stereocenters.